The summed E-state index contributed by atoms with van der Waals surface area (Å²) in [5.74, 6) is -0.525. The van der Waals surface area contributed by atoms with E-state index < -0.39 is 12.0 Å². The molecule has 0 bridgehead atoms. The Balaban J connectivity index is 3.97. The maximum absolute atomic E-state index is 8.91. The summed E-state index contributed by atoms with van der Waals surface area (Å²) in [5, 5.41) is 17.2. The number of rotatable bonds is 3. The number of hydrogen-bond donors (Lipinski definition) is 1. The maximum Gasteiger partial charge on any atom is 0.0936 e. The highest BCUT2D eigenvalue weighted by Gasteiger charge is 2.09. The molecule has 2 atom stereocenters. The summed E-state index contributed by atoms with van der Waals surface area (Å²) in [6, 6.07) is 1.86. The molecule has 0 aromatic carbocycles. The van der Waals surface area contributed by atoms with Gasteiger partial charge in [-0.3, -0.25) is 0 Å². The summed E-state index contributed by atoms with van der Waals surface area (Å²) in [6.45, 7) is 6.70. The van der Waals surface area contributed by atoms with Crippen LogP contribution in [0.2, 0.25) is 0 Å². The number of nitrogens with zero attached hydrogens (tertiary/aromatic N) is 1. The zero-order chi connectivity index (χ0) is 7.28. The molecule has 0 aromatic rings. The number of aliphatic hydroxyl groups excluding tert-OH is 1. The molecule has 2 heteroatoms. The number of nitriles is 1. The minimum absolute atomic E-state index is 0.525. The molecule has 0 aliphatic carbocycles. The lowest BCUT2D eigenvalue weighted by molar-refractivity contribution is 0.200. The molecule has 0 rings (SSSR count). The summed E-state index contributed by atoms with van der Waals surface area (Å²) in [6.07, 6.45) is 1.93. The molecule has 0 spiro atoms. The summed E-state index contributed by atoms with van der Waals surface area (Å²) in [5.41, 5.74) is 0. The third-order valence-electron chi connectivity index (χ3n) is 1.01. The molecule has 9 heavy (non-hydrogen) atoms. The molecule has 0 aliphatic rings. The van der Waals surface area contributed by atoms with Crippen LogP contribution in [-0.4, -0.2) is 11.2 Å². The van der Waals surface area contributed by atoms with E-state index in [4.69, 9.17) is 10.4 Å². The van der Waals surface area contributed by atoms with E-state index in [1.54, 1.807) is 0 Å². The quantitative estimate of drug-likeness (QED) is 0.565. The SMILES string of the molecule is C=CC(O)C(C#N)C=C. The van der Waals surface area contributed by atoms with Crippen LogP contribution in [-0.2, 0) is 0 Å². The van der Waals surface area contributed by atoms with Crippen molar-refractivity contribution in [2.24, 2.45) is 5.92 Å². The second-order valence-electron chi connectivity index (χ2n) is 1.62. The van der Waals surface area contributed by atoms with Gasteiger partial charge in [-0.05, 0) is 0 Å². The molecular formula is C7H9NO. The minimum Gasteiger partial charge on any atom is -0.387 e. The van der Waals surface area contributed by atoms with Crippen LogP contribution >= 0.6 is 0 Å². The molecule has 0 aliphatic heterocycles. The maximum atomic E-state index is 8.91. The van der Waals surface area contributed by atoms with Gasteiger partial charge in [-0.15, -0.1) is 13.2 Å². The molecule has 0 radical (unpaired) electrons. The van der Waals surface area contributed by atoms with Crippen molar-refractivity contribution < 1.29 is 5.11 Å². The van der Waals surface area contributed by atoms with Gasteiger partial charge in [0.15, 0.2) is 0 Å². The Hall–Kier alpha value is -1.07. The normalized spacial score (nSPS) is 15.1. The predicted molar refractivity (Wildman–Crippen MR) is 35.5 cm³/mol. The van der Waals surface area contributed by atoms with Crippen molar-refractivity contribution in [2.45, 2.75) is 6.10 Å². The lowest BCUT2D eigenvalue weighted by atomic mass is 10.1. The van der Waals surface area contributed by atoms with Crippen molar-refractivity contribution >= 4 is 0 Å². The van der Waals surface area contributed by atoms with Crippen LogP contribution in [0.4, 0.5) is 0 Å². The van der Waals surface area contributed by atoms with Crippen LogP contribution in [0.5, 0.6) is 0 Å². The van der Waals surface area contributed by atoms with Crippen LogP contribution in [0, 0.1) is 17.2 Å². The Bertz CT molecular complexity index is 145. The van der Waals surface area contributed by atoms with Gasteiger partial charge in [-0.1, -0.05) is 12.2 Å². The average molecular weight is 123 g/mol. The van der Waals surface area contributed by atoms with Crippen molar-refractivity contribution in [1.82, 2.24) is 0 Å². The third kappa shape index (κ3) is 2.11. The van der Waals surface area contributed by atoms with Gasteiger partial charge in [0.25, 0.3) is 0 Å². The van der Waals surface area contributed by atoms with Gasteiger partial charge in [-0.25, -0.2) is 0 Å². The summed E-state index contributed by atoms with van der Waals surface area (Å²) >= 11 is 0. The number of hydrogen-bond acceptors (Lipinski definition) is 2. The van der Waals surface area contributed by atoms with Crippen molar-refractivity contribution in [3.63, 3.8) is 0 Å². The molecule has 1 N–H and O–H groups in total. The largest absolute Gasteiger partial charge is 0.387 e. The van der Waals surface area contributed by atoms with E-state index >= 15 is 0 Å². The van der Waals surface area contributed by atoms with Crippen molar-refractivity contribution in [2.75, 3.05) is 0 Å². The van der Waals surface area contributed by atoms with Gasteiger partial charge >= 0.3 is 0 Å². The Morgan fingerprint density at radius 2 is 2.00 bits per heavy atom. The Morgan fingerprint density at radius 3 is 2.11 bits per heavy atom. The van der Waals surface area contributed by atoms with Crippen LogP contribution in [0.25, 0.3) is 0 Å². The monoisotopic (exact) mass is 123 g/mol. The number of aliphatic hydroxyl groups is 1. The Kier molecular flexibility index (Phi) is 3.41. The van der Waals surface area contributed by atoms with Gasteiger partial charge in [0.2, 0.25) is 0 Å². The molecule has 0 saturated carbocycles. The lowest BCUT2D eigenvalue weighted by Crippen LogP contribution is -2.12. The van der Waals surface area contributed by atoms with Crippen LogP contribution in [0.15, 0.2) is 25.3 Å². The summed E-state index contributed by atoms with van der Waals surface area (Å²) in [7, 11) is 0. The summed E-state index contributed by atoms with van der Waals surface area (Å²) in [4.78, 5) is 0. The summed E-state index contributed by atoms with van der Waals surface area (Å²) < 4.78 is 0. The average Bonchev–Trinajstić information content (AvgIpc) is 1.90. The van der Waals surface area contributed by atoms with E-state index in [0.29, 0.717) is 0 Å². The van der Waals surface area contributed by atoms with E-state index in [9.17, 15) is 0 Å². The van der Waals surface area contributed by atoms with E-state index in [-0.39, 0.29) is 0 Å². The fourth-order valence-corrected chi connectivity index (χ4v) is 0.415. The first kappa shape index (κ1) is 7.93. The topological polar surface area (TPSA) is 44.0 Å². The Labute approximate surface area is 54.7 Å². The van der Waals surface area contributed by atoms with Crippen molar-refractivity contribution in [3.05, 3.63) is 25.3 Å². The van der Waals surface area contributed by atoms with Gasteiger partial charge in [0.05, 0.1) is 18.1 Å². The van der Waals surface area contributed by atoms with Crippen molar-refractivity contribution in [1.29, 1.82) is 5.26 Å². The van der Waals surface area contributed by atoms with Gasteiger partial charge in [0, 0.05) is 0 Å². The molecule has 2 nitrogen and oxygen atoms in total. The lowest BCUT2D eigenvalue weighted by Gasteiger charge is -2.05. The molecule has 2 unspecified atom stereocenters. The second-order valence-corrected chi connectivity index (χ2v) is 1.62. The second kappa shape index (κ2) is 3.88. The minimum atomic E-state index is -0.785. The molecule has 0 heterocycles. The molecular weight excluding hydrogens is 114 g/mol. The Morgan fingerprint density at radius 1 is 1.44 bits per heavy atom. The standard InChI is InChI=1S/C7H9NO/c1-3-6(5-8)7(9)4-2/h3-4,6-7,9H,1-2H2. The molecule has 0 fully saturated rings. The highest BCUT2D eigenvalue weighted by molar-refractivity contribution is 5.04. The smallest absolute Gasteiger partial charge is 0.0936 e. The van der Waals surface area contributed by atoms with E-state index in [0.717, 1.165) is 0 Å². The first-order chi connectivity index (χ1) is 4.26. The molecule has 48 valence electrons. The molecule has 0 saturated heterocycles. The van der Waals surface area contributed by atoms with Crippen LogP contribution in [0.3, 0.4) is 0 Å². The molecule has 0 aromatic heterocycles. The van der Waals surface area contributed by atoms with Gasteiger partial charge in [0.1, 0.15) is 0 Å². The van der Waals surface area contributed by atoms with Gasteiger partial charge in [-0.2, -0.15) is 5.26 Å². The van der Waals surface area contributed by atoms with Crippen molar-refractivity contribution in [3.8, 4) is 6.07 Å². The van der Waals surface area contributed by atoms with Crippen LogP contribution in [0.1, 0.15) is 0 Å². The van der Waals surface area contributed by atoms with Crippen LogP contribution < -0.4 is 0 Å². The predicted octanol–water partition coefficient (Wildman–Crippen LogP) is 0.859. The fourth-order valence-electron chi connectivity index (χ4n) is 0.415. The third-order valence-corrected chi connectivity index (χ3v) is 1.01. The fraction of sp³-hybridized carbons (Fsp3) is 0.286. The molecule has 0 amide bonds. The zero-order valence-corrected chi connectivity index (χ0v) is 5.12. The van der Waals surface area contributed by atoms with E-state index in [2.05, 4.69) is 13.2 Å². The van der Waals surface area contributed by atoms with E-state index in [1.807, 2.05) is 6.07 Å². The first-order valence-electron chi connectivity index (χ1n) is 2.59. The van der Waals surface area contributed by atoms with E-state index in [1.165, 1.54) is 12.2 Å². The highest BCUT2D eigenvalue weighted by atomic mass is 16.3. The first-order valence-corrected chi connectivity index (χ1v) is 2.59. The van der Waals surface area contributed by atoms with Gasteiger partial charge < -0.3 is 5.11 Å². The zero-order valence-electron chi connectivity index (χ0n) is 5.12. The highest BCUT2D eigenvalue weighted by Crippen LogP contribution is 2.03.